The maximum Gasteiger partial charge on any atom is 0.416 e. The molecule has 2 aromatic heterocycles. The van der Waals surface area contributed by atoms with Crippen LogP contribution < -0.4 is 0 Å². The van der Waals surface area contributed by atoms with E-state index in [1.54, 1.807) is 24.4 Å². The summed E-state index contributed by atoms with van der Waals surface area (Å²) in [5.41, 5.74) is 3.48. The highest BCUT2D eigenvalue weighted by atomic mass is 32.2. The second-order valence-electron chi connectivity index (χ2n) is 10.1. The molecule has 11 heteroatoms. The first-order valence-electron chi connectivity index (χ1n) is 13.3. The number of hydrogen-bond acceptors (Lipinski definition) is 4. The highest BCUT2D eigenvalue weighted by Crippen LogP contribution is 2.33. The van der Waals surface area contributed by atoms with Crippen LogP contribution in [0.3, 0.4) is 0 Å². The molecule has 1 aliphatic heterocycles. The maximum atomic E-state index is 13.4. The third-order valence-corrected chi connectivity index (χ3v) is 9.36. The molecule has 6 nitrogen and oxygen atoms in total. The Morgan fingerprint density at radius 3 is 2.14 bits per heavy atom. The molecular weight excluding hydrogens is 568 g/mol. The van der Waals surface area contributed by atoms with E-state index in [-0.39, 0.29) is 18.0 Å². The molecule has 0 aliphatic carbocycles. The van der Waals surface area contributed by atoms with Crippen molar-refractivity contribution in [2.75, 3.05) is 26.2 Å². The van der Waals surface area contributed by atoms with Gasteiger partial charge in [0.05, 0.1) is 21.8 Å². The third kappa shape index (κ3) is 5.55. The number of piperazine rings is 1. The second kappa shape index (κ2) is 11.0. The summed E-state index contributed by atoms with van der Waals surface area (Å²) in [6.07, 6.45) is -2.65. The first kappa shape index (κ1) is 28.1. The van der Waals surface area contributed by atoms with Crippen molar-refractivity contribution in [3.8, 4) is 22.4 Å². The first-order valence-corrected chi connectivity index (χ1v) is 14.8. The lowest BCUT2D eigenvalue weighted by Crippen LogP contribution is -2.48. The van der Waals surface area contributed by atoms with E-state index in [2.05, 4.69) is 4.90 Å². The fourth-order valence-corrected chi connectivity index (χ4v) is 6.64. The standard InChI is InChI=1S/C31H26F4N4O2S/c32-26-10-12-27(13-11-26)42(40,41)38-17-15-37(16-18-38)21-28-30(22-5-2-1-3-6-22)36-29-14-9-24(20-39(28)29)23-7-4-8-25(19-23)31(33,34)35/h1-14,19-20H,15-18,21H2. The molecule has 42 heavy (non-hydrogen) atoms. The van der Waals surface area contributed by atoms with E-state index >= 15 is 0 Å². The summed E-state index contributed by atoms with van der Waals surface area (Å²) in [6, 6.07) is 23.2. The summed E-state index contributed by atoms with van der Waals surface area (Å²) in [6.45, 7) is 1.87. The van der Waals surface area contributed by atoms with Crippen LogP contribution >= 0.6 is 0 Å². The van der Waals surface area contributed by atoms with Crippen LogP contribution in [-0.2, 0) is 22.7 Å². The Morgan fingerprint density at radius 2 is 1.45 bits per heavy atom. The molecule has 0 unspecified atom stereocenters. The topological polar surface area (TPSA) is 57.9 Å². The number of benzene rings is 3. The smallest absolute Gasteiger partial charge is 0.301 e. The van der Waals surface area contributed by atoms with Crippen molar-refractivity contribution in [1.29, 1.82) is 0 Å². The van der Waals surface area contributed by atoms with Gasteiger partial charge in [-0.2, -0.15) is 17.5 Å². The minimum atomic E-state index is -4.45. The molecule has 0 amide bonds. The Balaban J connectivity index is 1.31. The summed E-state index contributed by atoms with van der Waals surface area (Å²) >= 11 is 0. The summed E-state index contributed by atoms with van der Waals surface area (Å²) in [4.78, 5) is 7.04. The Kier molecular flexibility index (Phi) is 7.34. The Hall–Kier alpha value is -4.06. The Bertz CT molecular complexity index is 1830. The van der Waals surface area contributed by atoms with Crippen molar-refractivity contribution in [2.24, 2.45) is 0 Å². The molecule has 1 aliphatic rings. The van der Waals surface area contributed by atoms with Crippen molar-refractivity contribution in [3.05, 3.63) is 114 Å². The van der Waals surface area contributed by atoms with Gasteiger partial charge in [0.2, 0.25) is 10.0 Å². The quantitative estimate of drug-likeness (QED) is 0.216. The number of halogens is 4. The van der Waals surface area contributed by atoms with Gasteiger partial charge in [0.15, 0.2) is 0 Å². The van der Waals surface area contributed by atoms with Crippen LogP contribution in [-0.4, -0.2) is 53.2 Å². The van der Waals surface area contributed by atoms with Gasteiger partial charge >= 0.3 is 6.18 Å². The zero-order chi connectivity index (χ0) is 29.5. The predicted octanol–water partition coefficient (Wildman–Crippen LogP) is 6.33. The summed E-state index contributed by atoms with van der Waals surface area (Å²) < 4.78 is 83.0. The van der Waals surface area contributed by atoms with Crippen molar-refractivity contribution < 1.29 is 26.0 Å². The Labute approximate surface area is 240 Å². The van der Waals surface area contributed by atoms with Crippen LogP contribution in [0.25, 0.3) is 28.0 Å². The first-order chi connectivity index (χ1) is 20.1. The fourth-order valence-electron chi connectivity index (χ4n) is 5.21. The minimum Gasteiger partial charge on any atom is -0.301 e. The average Bonchev–Trinajstić information content (AvgIpc) is 3.35. The molecule has 1 saturated heterocycles. The molecule has 0 atom stereocenters. The molecule has 6 rings (SSSR count). The number of nitrogens with zero attached hydrogens (tertiary/aromatic N) is 4. The molecule has 3 aromatic carbocycles. The second-order valence-corrected chi connectivity index (χ2v) is 12.1. The molecule has 0 saturated carbocycles. The van der Waals surface area contributed by atoms with E-state index in [0.717, 1.165) is 41.2 Å². The van der Waals surface area contributed by atoms with Gasteiger partial charge in [0.1, 0.15) is 11.5 Å². The molecule has 5 aromatic rings. The van der Waals surface area contributed by atoms with Crippen molar-refractivity contribution in [1.82, 2.24) is 18.6 Å². The van der Waals surface area contributed by atoms with Crippen molar-refractivity contribution in [2.45, 2.75) is 17.6 Å². The van der Waals surface area contributed by atoms with Crippen LogP contribution in [0.5, 0.6) is 0 Å². The van der Waals surface area contributed by atoms with Crippen LogP contribution in [0.4, 0.5) is 17.6 Å². The fraction of sp³-hybridized carbons (Fsp3) is 0.194. The summed E-state index contributed by atoms with van der Waals surface area (Å²) in [7, 11) is -3.76. The number of pyridine rings is 1. The Morgan fingerprint density at radius 1 is 0.762 bits per heavy atom. The van der Waals surface area contributed by atoms with E-state index in [1.807, 2.05) is 34.7 Å². The monoisotopic (exact) mass is 594 g/mol. The van der Waals surface area contributed by atoms with Crippen molar-refractivity contribution >= 4 is 15.7 Å². The van der Waals surface area contributed by atoms with Crippen LogP contribution in [0.2, 0.25) is 0 Å². The van der Waals surface area contributed by atoms with E-state index in [4.69, 9.17) is 4.98 Å². The lowest BCUT2D eigenvalue weighted by atomic mass is 10.0. The lowest BCUT2D eigenvalue weighted by Gasteiger charge is -2.34. The van der Waals surface area contributed by atoms with E-state index < -0.39 is 27.6 Å². The molecule has 3 heterocycles. The summed E-state index contributed by atoms with van der Waals surface area (Å²) in [5, 5.41) is 0. The lowest BCUT2D eigenvalue weighted by molar-refractivity contribution is -0.137. The van der Waals surface area contributed by atoms with Gasteiger partial charge < -0.3 is 4.40 Å². The van der Waals surface area contributed by atoms with Crippen LogP contribution in [0.15, 0.2) is 102 Å². The number of aromatic nitrogens is 2. The number of hydrogen-bond donors (Lipinski definition) is 0. The van der Waals surface area contributed by atoms with Crippen LogP contribution in [0, 0.1) is 5.82 Å². The predicted molar refractivity (Wildman–Crippen MR) is 152 cm³/mol. The third-order valence-electron chi connectivity index (χ3n) is 7.44. The molecule has 0 radical (unpaired) electrons. The molecule has 216 valence electrons. The number of alkyl halides is 3. The maximum absolute atomic E-state index is 13.4. The van der Waals surface area contributed by atoms with Gasteiger partial charge in [0.25, 0.3) is 0 Å². The highest BCUT2D eigenvalue weighted by Gasteiger charge is 2.31. The SMILES string of the molecule is O=S(=O)(c1ccc(F)cc1)N1CCN(Cc2c(-c3ccccc3)nc3ccc(-c4cccc(C(F)(F)F)c4)cn23)CC1. The highest BCUT2D eigenvalue weighted by molar-refractivity contribution is 7.89. The van der Waals surface area contributed by atoms with E-state index in [9.17, 15) is 26.0 Å². The normalized spacial score (nSPS) is 15.3. The number of fused-ring (bicyclic) bond motifs is 1. The zero-order valence-corrected chi connectivity index (χ0v) is 23.1. The number of sulfonamides is 1. The summed E-state index contributed by atoms with van der Waals surface area (Å²) in [5.74, 6) is -0.503. The minimum absolute atomic E-state index is 0.0487. The van der Waals surface area contributed by atoms with Crippen molar-refractivity contribution in [3.63, 3.8) is 0 Å². The number of imidazole rings is 1. The van der Waals surface area contributed by atoms with Gasteiger partial charge in [-0.3, -0.25) is 4.90 Å². The molecular formula is C31H26F4N4O2S. The molecule has 0 spiro atoms. The molecule has 0 N–H and O–H groups in total. The molecule has 1 fully saturated rings. The van der Waals surface area contributed by atoms with Gasteiger partial charge in [0, 0.05) is 44.5 Å². The zero-order valence-electron chi connectivity index (χ0n) is 22.3. The van der Waals surface area contributed by atoms with Crippen LogP contribution in [0.1, 0.15) is 11.3 Å². The van der Waals surface area contributed by atoms with Gasteiger partial charge in [-0.25, -0.2) is 17.8 Å². The van der Waals surface area contributed by atoms with Gasteiger partial charge in [-0.1, -0.05) is 42.5 Å². The average molecular weight is 595 g/mol. The van der Waals surface area contributed by atoms with E-state index in [0.29, 0.717) is 36.4 Å². The molecule has 0 bridgehead atoms. The van der Waals surface area contributed by atoms with Gasteiger partial charge in [-0.05, 0) is 59.7 Å². The number of rotatable bonds is 6. The van der Waals surface area contributed by atoms with Gasteiger partial charge in [-0.15, -0.1) is 0 Å². The largest absolute Gasteiger partial charge is 0.416 e. The van der Waals surface area contributed by atoms with E-state index in [1.165, 1.54) is 22.5 Å².